The van der Waals surface area contributed by atoms with Gasteiger partial charge in [0.25, 0.3) is 5.91 Å². The standard InChI is InChI=1S/C25H15F9N2O3/c26-23(27,28)15-3-1-2-14(12-15)21-13-20(35-16-4-8-18(9-5-16)38-24(29,30)31)22(37)36(21)17-6-10-19(11-7-17)39-25(32,33)34/h1-13,21,35H. The molecule has 3 aromatic rings. The Morgan fingerprint density at radius 3 is 1.77 bits per heavy atom. The fourth-order valence-electron chi connectivity index (χ4n) is 3.78. The molecule has 0 aromatic heterocycles. The van der Waals surface area contributed by atoms with E-state index in [2.05, 4.69) is 14.8 Å². The molecule has 0 aliphatic carbocycles. The summed E-state index contributed by atoms with van der Waals surface area (Å²) in [6, 6.07) is 11.5. The van der Waals surface area contributed by atoms with E-state index in [1.165, 1.54) is 24.3 Å². The molecule has 1 amide bonds. The highest BCUT2D eigenvalue weighted by molar-refractivity contribution is 6.11. The summed E-state index contributed by atoms with van der Waals surface area (Å²) in [5.74, 6) is -1.87. The molecule has 0 radical (unpaired) electrons. The zero-order valence-electron chi connectivity index (χ0n) is 19.2. The van der Waals surface area contributed by atoms with E-state index >= 15 is 0 Å². The minimum Gasteiger partial charge on any atom is -0.406 e. The van der Waals surface area contributed by atoms with Gasteiger partial charge in [0.05, 0.1) is 11.6 Å². The van der Waals surface area contributed by atoms with Crippen LogP contribution in [-0.4, -0.2) is 18.6 Å². The Kier molecular flexibility index (Phi) is 7.15. The molecule has 206 valence electrons. The van der Waals surface area contributed by atoms with Gasteiger partial charge in [-0.15, -0.1) is 26.3 Å². The highest BCUT2D eigenvalue weighted by atomic mass is 19.4. The van der Waals surface area contributed by atoms with Gasteiger partial charge in [-0.3, -0.25) is 9.69 Å². The maximum atomic E-state index is 13.3. The largest absolute Gasteiger partial charge is 0.573 e. The van der Waals surface area contributed by atoms with Crippen molar-refractivity contribution in [1.29, 1.82) is 0 Å². The van der Waals surface area contributed by atoms with Gasteiger partial charge in [-0.05, 0) is 72.3 Å². The third-order valence-corrected chi connectivity index (χ3v) is 5.32. The number of hydrogen-bond acceptors (Lipinski definition) is 4. The summed E-state index contributed by atoms with van der Waals surface area (Å²) in [5.41, 5.74) is -0.893. The molecule has 1 aliphatic heterocycles. The van der Waals surface area contributed by atoms with Crippen LogP contribution in [0.25, 0.3) is 0 Å². The molecule has 1 atom stereocenters. The molecule has 39 heavy (non-hydrogen) atoms. The molecule has 0 spiro atoms. The lowest BCUT2D eigenvalue weighted by atomic mass is 10.0. The zero-order chi connectivity index (χ0) is 28.6. The van der Waals surface area contributed by atoms with Gasteiger partial charge in [-0.25, -0.2) is 0 Å². The number of benzene rings is 3. The van der Waals surface area contributed by atoms with Crippen LogP contribution < -0.4 is 19.7 Å². The van der Waals surface area contributed by atoms with Crippen molar-refractivity contribution in [1.82, 2.24) is 0 Å². The number of alkyl halides is 9. The van der Waals surface area contributed by atoms with E-state index in [1.807, 2.05) is 0 Å². The van der Waals surface area contributed by atoms with Crippen LogP contribution in [-0.2, 0) is 11.0 Å². The summed E-state index contributed by atoms with van der Waals surface area (Å²) in [6.07, 6.45) is -13.3. The normalized spacial score (nSPS) is 16.2. The van der Waals surface area contributed by atoms with E-state index in [0.29, 0.717) is 0 Å². The van der Waals surface area contributed by atoms with Crippen molar-refractivity contribution < 1.29 is 53.8 Å². The van der Waals surface area contributed by atoms with Crippen molar-refractivity contribution in [3.05, 3.63) is 95.7 Å². The fraction of sp³-hybridized carbons (Fsp3) is 0.160. The van der Waals surface area contributed by atoms with Gasteiger partial charge < -0.3 is 14.8 Å². The lowest BCUT2D eigenvalue weighted by Gasteiger charge is -2.26. The van der Waals surface area contributed by atoms with Gasteiger partial charge in [0.1, 0.15) is 17.2 Å². The molecule has 0 saturated heterocycles. The number of anilines is 2. The van der Waals surface area contributed by atoms with E-state index < -0.39 is 47.9 Å². The highest BCUT2D eigenvalue weighted by Gasteiger charge is 2.37. The summed E-state index contributed by atoms with van der Waals surface area (Å²) in [6.45, 7) is 0. The monoisotopic (exact) mass is 562 g/mol. The Balaban J connectivity index is 1.67. The van der Waals surface area contributed by atoms with Crippen LogP contribution in [0.15, 0.2) is 84.6 Å². The maximum absolute atomic E-state index is 13.3. The van der Waals surface area contributed by atoms with Gasteiger partial charge in [0.15, 0.2) is 0 Å². The minimum atomic E-state index is -4.97. The summed E-state index contributed by atoms with van der Waals surface area (Å²) < 4.78 is 122. The predicted octanol–water partition coefficient (Wildman–Crippen LogP) is 7.59. The Labute approximate surface area is 214 Å². The first-order chi connectivity index (χ1) is 18.1. The van der Waals surface area contributed by atoms with Gasteiger partial charge in [-0.2, -0.15) is 13.2 Å². The number of carbonyl (C=O) groups is 1. The molecule has 1 aliphatic rings. The second kappa shape index (κ2) is 10.1. The van der Waals surface area contributed by atoms with E-state index in [4.69, 9.17) is 0 Å². The van der Waals surface area contributed by atoms with Crippen molar-refractivity contribution in [2.24, 2.45) is 0 Å². The molecular weight excluding hydrogens is 547 g/mol. The molecule has 0 saturated carbocycles. The molecule has 3 aromatic carbocycles. The number of carbonyl (C=O) groups excluding carboxylic acids is 1. The second-order valence-electron chi connectivity index (χ2n) is 8.06. The van der Waals surface area contributed by atoms with Crippen molar-refractivity contribution in [3.63, 3.8) is 0 Å². The van der Waals surface area contributed by atoms with Crippen LogP contribution in [0.1, 0.15) is 17.2 Å². The van der Waals surface area contributed by atoms with Crippen LogP contribution in [0.5, 0.6) is 11.5 Å². The lowest BCUT2D eigenvalue weighted by molar-refractivity contribution is -0.275. The molecule has 14 heteroatoms. The Bertz CT molecular complexity index is 1360. The minimum absolute atomic E-state index is 0.0407. The van der Waals surface area contributed by atoms with Crippen LogP contribution in [0.2, 0.25) is 0 Å². The van der Waals surface area contributed by atoms with Gasteiger partial charge >= 0.3 is 18.9 Å². The molecule has 4 rings (SSSR count). The van der Waals surface area contributed by atoms with Crippen molar-refractivity contribution in [2.45, 2.75) is 24.9 Å². The van der Waals surface area contributed by atoms with Gasteiger partial charge in [0.2, 0.25) is 0 Å². The van der Waals surface area contributed by atoms with Crippen molar-refractivity contribution in [2.75, 3.05) is 10.2 Å². The number of ether oxygens (including phenoxy) is 2. The molecule has 5 nitrogen and oxygen atoms in total. The SMILES string of the molecule is O=C1C(Nc2ccc(OC(F)(F)F)cc2)=CC(c2cccc(C(F)(F)F)c2)N1c1ccc(OC(F)(F)F)cc1. The van der Waals surface area contributed by atoms with E-state index in [1.54, 1.807) is 0 Å². The number of rotatable bonds is 6. The van der Waals surface area contributed by atoms with Gasteiger partial charge in [-0.1, -0.05) is 12.1 Å². The molecule has 1 N–H and O–H groups in total. The van der Waals surface area contributed by atoms with Crippen molar-refractivity contribution >= 4 is 17.3 Å². The molecule has 0 bridgehead atoms. The van der Waals surface area contributed by atoms with Crippen LogP contribution in [0.3, 0.4) is 0 Å². The first-order valence-corrected chi connectivity index (χ1v) is 10.8. The van der Waals surface area contributed by atoms with Gasteiger partial charge in [0, 0.05) is 11.4 Å². The van der Waals surface area contributed by atoms with Crippen LogP contribution >= 0.6 is 0 Å². The highest BCUT2D eigenvalue weighted by Crippen LogP contribution is 2.39. The third kappa shape index (κ3) is 6.94. The van der Waals surface area contributed by atoms with Crippen LogP contribution in [0, 0.1) is 0 Å². The Morgan fingerprint density at radius 2 is 1.26 bits per heavy atom. The maximum Gasteiger partial charge on any atom is 0.573 e. The number of nitrogens with zero attached hydrogens (tertiary/aromatic N) is 1. The van der Waals surface area contributed by atoms with E-state index in [9.17, 15) is 44.3 Å². The average Bonchev–Trinajstić information content (AvgIpc) is 3.14. The molecule has 1 unspecified atom stereocenters. The topological polar surface area (TPSA) is 50.8 Å². The number of halogens is 9. The lowest BCUT2D eigenvalue weighted by Crippen LogP contribution is -2.31. The molecule has 0 fully saturated rings. The summed E-state index contributed by atoms with van der Waals surface area (Å²) >= 11 is 0. The number of nitrogens with one attached hydrogen (secondary N) is 1. The molecule has 1 heterocycles. The Hall–Kier alpha value is -4.36. The smallest absolute Gasteiger partial charge is 0.406 e. The first kappa shape index (κ1) is 27.7. The van der Waals surface area contributed by atoms with E-state index in [0.717, 1.165) is 59.5 Å². The third-order valence-electron chi connectivity index (χ3n) is 5.32. The average molecular weight is 562 g/mol. The molecular formula is C25H15F9N2O3. The number of amides is 1. The first-order valence-electron chi connectivity index (χ1n) is 10.8. The van der Waals surface area contributed by atoms with E-state index in [-0.39, 0.29) is 22.6 Å². The summed E-state index contributed by atoms with van der Waals surface area (Å²) in [4.78, 5) is 14.4. The zero-order valence-corrected chi connectivity index (χ0v) is 19.2. The summed E-state index contributed by atoms with van der Waals surface area (Å²) in [5, 5.41) is 2.70. The second-order valence-corrected chi connectivity index (χ2v) is 8.06. The predicted molar refractivity (Wildman–Crippen MR) is 120 cm³/mol. The number of hydrogen-bond donors (Lipinski definition) is 1. The fourth-order valence-corrected chi connectivity index (χ4v) is 3.78. The summed E-state index contributed by atoms with van der Waals surface area (Å²) in [7, 11) is 0. The van der Waals surface area contributed by atoms with Crippen molar-refractivity contribution in [3.8, 4) is 11.5 Å². The quantitative estimate of drug-likeness (QED) is 0.315. The Morgan fingerprint density at radius 1 is 0.718 bits per heavy atom. The van der Waals surface area contributed by atoms with Crippen LogP contribution in [0.4, 0.5) is 50.9 Å².